The van der Waals surface area contributed by atoms with Gasteiger partial charge in [0.05, 0.1) is 25.5 Å². The van der Waals surface area contributed by atoms with Crippen LogP contribution in [-0.4, -0.2) is 35.1 Å². The van der Waals surface area contributed by atoms with E-state index in [1.807, 2.05) is 6.92 Å². The van der Waals surface area contributed by atoms with Gasteiger partial charge in [0.25, 0.3) is 0 Å². The first-order valence-corrected chi connectivity index (χ1v) is 10.5. The summed E-state index contributed by atoms with van der Waals surface area (Å²) in [5.41, 5.74) is 1.30. The first-order chi connectivity index (χ1) is 13.4. The third-order valence-electron chi connectivity index (χ3n) is 4.08. The monoisotopic (exact) mass is 406 g/mol. The van der Waals surface area contributed by atoms with E-state index in [9.17, 15) is 13.2 Å². The van der Waals surface area contributed by atoms with Crippen LogP contribution >= 0.6 is 0 Å². The van der Waals surface area contributed by atoms with Gasteiger partial charge < -0.3 is 14.8 Å². The highest BCUT2D eigenvalue weighted by Gasteiger charge is 2.13. The zero-order chi connectivity index (χ0) is 20.6. The van der Waals surface area contributed by atoms with Crippen LogP contribution in [0, 0.1) is 0 Å². The fourth-order valence-electron chi connectivity index (χ4n) is 2.57. The van der Waals surface area contributed by atoms with Gasteiger partial charge in [-0.1, -0.05) is 19.4 Å². The Morgan fingerprint density at radius 1 is 1.00 bits per heavy atom. The minimum absolute atomic E-state index is 0.152. The Balaban J connectivity index is 1.99. The number of ether oxygens (including phenoxy) is 2. The van der Waals surface area contributed by atoms with E-state index in [0.29, 0.717) is 23.7 Å². The molecule has 152 valence electrons. The Morgan fingerprint density at radius 3 is 2.29 bits per heavy atom. The number of carbonyl (C=O) groups is 1. The molecule has 0 saturated heterocycles. The lowest BCUT2D eigenvalue weighted by Crippen LogP contribution is -2.24. The van der Waals surface area contributed by atoms with E-state index in [1.54, 1.807) is 37.4 Å². The molecular formula is C20H26N2O5S. The van der Waals surface area contributed by atoms with Gasteiger partial charge in [-0.2, -0.15) is 0 Å². The fraction of sp³-hybridized carbons (Fsp3) is 0.350. The molecule has 0 radical (unpaired) electrons. The molecule has 2 aromatic carbocycles. The van der Waals surface area contributed by atoms with Crippen molar-refractivity contribution in [1.29, 1.82) is 0 Å². The van der Waals surface area contributed by atoms with Crippen molar-refractivity contribution in [3.8, 4) is 11.5 Å². The highest BCUT2D eigenvalue weighted by Crippen LogP contribution is 2.27. The van der Waals surface area contributed by atoms with Gasteiger partial charge in [0.2, 0.25) is 15.9 Å². The molecule has 28 heavy (non-hydrogen) atoms. The maximum absolute atomic E-state index is 12.3. The van der Waals surface area contributed by atoms with E-state index < -0.39 is 10.0 Å². The average molecular weight is 407 g/mol. The molecule has 0 bridgehead atoms. The molecule has 0 spiro atoms. The van der Waals surface area contributed by atoms with Crippen LogP contribution in [0.4, 0.5) is 5.69 Å². The molecule has 0 heterocycles. The zero-order valence-corrected chi connectivity index (χ0v) is 17.1. The van der Waals surface area contributed by atoms with Crippen molar-refractivity contribution in [1.82, 2.24) is 4.72 Å². The van der Waals surface area contributed by atoms with Gasteiger partial charge >= 0.3 is 0 Å². The van der Waals surface area contributed by atoms with Crippen molar-refractivity contribution in [2.75, 3.05) is 26.1 Å². The topological polar surface area (TPSA) is 93.7 Å². The smallest absolute Gasteiger partial charge is 0.240 e. The van der Waals surface area contributed by atoms with Crippen LogP contribution in [0.2, 0.25) is 0 Å². The largest absolute Gasteiger partial charge is 0.493 e. The summed E-state index contributed by atoms with van der Waals surface area (Å²) in [6.45, 7) is 2.40. The first kappa shape index (κ1) is 21.7. The SMILES string of the molecule is CCCCNS(=O)(=O)c1ccc(NC(=O)Cc2ccc(OC)c(OC)c2)cc1. The molecule has 0 aliphatic carbocycles. The van der Waals surface area contributed by atoms with E-state index in [2.05, 4.69) is 10.0 Å². The Hall–Kier alpha value is -2.58. The summed E-state index contributed by atoms with van der Waals surface area (Å²) >= 11 is 0. The summed E-state index contributed by atoms with van der Waals surface area (Å²) in [4.78, 5) is 12.4. The van der Waals surface area contributed by atoms with E-state index in [-0.39, 0.29) is 17.2 Å². The highest BCUT2D eigenvalue weighted by molar-refractivity contribution is 7.89. The summed E-state index contributed by atoms with van der Waals surface area (Å²) in [7, 11) is -0.444. The van der Waals surface area contributed by atoms with Gasteiger partial charge in [-0.05, 0) is 48.4 Å². The number of unbranched alkanes of at least 4 members (excludes halogenated alkanes) is 1. The van der Waals surface area contributed by atoms with Crippen molar-refractivity contribution in [3.05, 3.63) is 48.0 Å². The van der Waals surface area contributed by atoms with Crippen LogP contribution in [0.1, 0.15) is 25.3 Å². The summed E-state index contributed by atoms with van der Waals surface area (Å²) < 4.78 is 37.3. The van der Waals surface area contributed by atoms with Gasteiger partial charge in [-0.15, -0.1) is 0 Å². The Labute approximate surface area is 166 Å². The third-order valence-corrected chi connectivity index (χ3v) is 5.56. The van der Waals surface area contributed by atoms with Crippen LogP contribution in [-0.2, 0) is 21.2 Å². The number of methoxy groups -OCH3 is 2. The standard InChI is InChI=1S/C20H26N2O5S/c1-4-5-12-21-28(24,25)17-9-7-16(8-10-17)22-20(23)14-15-6-11-18(26-2)19(13-15)27-3/h6-11,13,21H,4-5,12,14H2,1-3H3,(H,22,23). The molecule has 2 rings (SSSR count). The molecule has 7 nitrogen and oxygen atoms in total. The van der Waals surface area contributed by atoms with Crippen molar-refractivity contribution < 1.29 is 22.7 Å². The number of nitrogens with one attached hydrogen (secondary N) is 2. The number of carbonyl (C=O) groups excluding carboxylic acids is 1. The molecule has 0 atom stereocenters. The lowest BCUT2D eigenvalue weighted by Gasteiger charge is -2.10. The maximum atomic E-state index is 12.3. The molecule has 2 aromatic rings. The van der Waals surface area contributed by atoms with E-state index in [0.717, 1.165) is 18.4 Å². The van der Waals surface area contributed by atoms with Crippen LogP contribution in [0.15, 0.2) is 47.4 Å². The number of anilines is 1. The van der Waals surface area contributed by atoms with E-state index in [1.165, 1.54) is 19.2 Å². The molecule has 0 aliphatic rings. The molecule has 0 fully saturated rings. The van der Waals surface area contributed by atoms with Crippen LogP contribution < -0.4 is 19.5 Å². The molecule has 0 saturated carbocycles. The normalized spacial score (nSPS) is 11.1. The third kappa shape index (κ3) is 5.97. The Kier molecular flexibility index (Phi) is 7.83. The molecule has 8 heteroatoms. The quantitative estimate of drug-likeness (QED) is 0.592. The number of benzene rings is 2. The second kappa shape index (κ2) is 10.1. The van der Waals surface area contributed by atoms with Crippen LogP contribution in [0.25, 0.3) is 0 Å². The lowest BCUT2D eigenvalue weighted by molar-refractivity contribution is -0.115. The van der Waals surface area contributed by atoms with Crippen LogP contribution in [0.3, 0.4) is 0 Å². The van der Waals surface area contributed by atoms with Crippen molar-refractivity contribution in [3.63, 3.8) is 0 Å². The number of amides is 1. The number of hydrogen-bond donors (Lipinski definition) is 2. The average Bonchev–Trinajstić information content (AvgIpc) is 2.68. The molecule has 0 unspecified atom stereocenters. The number of rotatable bonds is 10. The molecule has 2 N–H and O–H groups in total. The summed E-state index contributed by atoms with van der Waals surface area (Å²) in [5.74, 6) is 0.929. The second-order valence-corrected chi connectivity index (χ2v) is 7.96. The fourth-order valence-corrected chi connectivity index (χ4v) is 3.64. The minimum atomic E-state index is -3.53. The molecular weight excluding hydrogens is 380 g/mol. The zero-order valence-electron chi connectivity index (χ0n) is 16.3. The van der Waals surface area contributed by atoms with Gasteiger partial charge in [-0.25, -0.2) is 13.1 Å². The predicted octanol–water partition coefficient (Wildman–Crippen LogP) is 2.96. The van der Waals surface area contributed by atoms with E-state index >= 15 is 0 Å². The van der Waals surface area contributed by atoms with Gasteiger partial charge in [0, 0.05) is 12.2 Å². The molecule has 1 amide bonds. The Morgan fingerprint density at radius 2 is 1.68 bits per heavy atom. The number of hydrogen-bond acceptors (Lipinski definition) is 5. The second-order valence-electron chi connectivity index (χ2n) is 6.19. The summed E-state index contributed by atoms with van der Waals surface area (Å²) in [6, 6.07) is 11.4. The predicted molar refractivity (Wildman–Crippen MR) is 108 cm³/mol. The highest BCUT2D eigenvalue weighted by atomic mass is 32.2. The molecule has 0 aromatic heterocycles. The van der Waals surface area contributed by atoms with E-state index in [4.69, 9.17) is 9.47 Å². The molecule has 0 aliphatic heterocycles. The first-order valence-electron chi connectivity index (χ1n) is 9.00. The van der Waals surface area contributed by atoms with Crippen molar-refractivity contribution >= 4 is 21.6 Å². The van der Waals surface area contributed by atoms with Gasteiger partial charge in [-0.3, -0.25) is 4.79 Å². The van der Waals surface area contributed by atoms with Crippen LogP contribution in [0.5, 0.6) is 11.5 Å². The van der Waals surface area contributed by atoms with Crippen molar-refractivity contribution in [2.24, 2.45) is 0 Å². The summed E-state index contributed by atoms with van der Waals surface area (Å²) in [6.07, 6.45) is 1.84. The summed E-state index contributed by atoms with van der Waals surface area (Å²) in [5, 5.41) is 2.76. The van der Waals surface area contributed by atoms with Gasteiger partial charge in [0.1, 0.15) is 0 Å². The maximum Gasteiger partial charge on any atom is 0.240 e. The Bertz CT molecular complexity index is 895. The lowest BCUT2D eigenvalue weighted by atomic mass is 10.1. The number of sulfonamides is 1. The minimum Gasteiger partial charge on any atom is -0.493 e. The van der Waals surface area contributed by atoms with Gasteiger partial charge in [0.15, 0.2) is 11.5 Å². The van der Waals surface area contributed by atoms with Crippen molar-refractivity contribution in [2.45, 2.75) is 31.1 Å².